The number of benzene rings is 5. The average molecular weight is 602 g/mol. The number of amides is 1. The number of rotatable bonds is 7. The van der Waals surface area contributed by atoms with Crippen LogP contribution in [0.3, 0.4) is 0 Å². The van der Waals surface area contributed by atoms with E-state index in [2.05, 4.69) is 11.4 Å². The summed E-state index contributed by atoms with van der Waals surface area (Å²) in [6.07, 6.45) is 2.18. The Morgan fingerprint density at radius 3 is 2.31 bits per heavy atom. The molecule has 6 nitrogen and oxygen atoms in total. The van der Waals surface area contributed by atoms with Crippen LogP contribution in [0.5, 0.6) is 5.75 Å². The second-order valence-electron chi connectivity index (χ2n) is 10.3. The van der Waals surface area contributed by atoms with Gasteiger partial charge < -0.3 is 20.7 Å². The lowest BCUT2D eigenvalue weighted by atomic mass is 10.0. The monoisotopic (exact) mass is 600 g/mol. The van der Waals surface area contributed by atoms with Crippen LogP contribution in [-0.2, 0) is 6.54 Å². The molecule has 0 aromatic heterocycles. The molecule has 5 aromatic carbocycles. The number of nitrogens with two attached hydrogens (primary N) is 1. The number of halogens is 2. The van der Waals surface area contributed by atoms with E-state index in [9.17, 15) is 4.79 Å². The predicted octanol–water partition coefficient (Wildman–Crippen LogP) is 7.10. The van der Waals surface area contributed by atoms with Crippen LogP contribution in [0.25, 0.3) is 21.5 Å². The largest absolute Gasteiger partial charge is 0.490 e. The standard InChI is InChI=1S/C34H32N4O2.2ClH/c35-33(36)26-11-10-24-9-8-23(20-27(24)21-26)22-38(34(39)32-7-3-5-25-4-1-2-6-31(25)32)28-12-14-29(15-13-28)40-30-16-18-37-19-17-30;;/h1-15,20-21,30,37H,16-19,22H2,(H3,35,36);2*1H. The molecule has 216 valence electrons. The van der Waals surface area contributed by atoms with Crippen molar-refractivity contribution < 1.29 is 9.53 Å². The molecule has 8 heteroatoms. The van der Waals surface area contributed by atoms with E-state index in [0.29, 0.717) is 17.7 Å². The van der Waals surface area contributed by atoms with Gasteiger partial charge in [0, 0.05) is 16.8 Å². The number of nitrogen functional groups attached to an aromatic ring is 1. The summed E-state index contributed by atoms with van der Waals surface area (Å²) >= 11 is 0. The number of carbonyl (C=O) groups excluding carboxylic acids is 1. The minimum absolute atomic E-state index is 0. The quantitative estimate of drug-likeness (QED) is 0.137. The molecule has 1 aliphatic heterocycles. The number of hydrogen-bond acceptors (Lipinski definition) is 4. The van der Waals surface area contributed by atoms with E-state index in [1.165, 1.54) is 0 Å². The fourth-order valence-electron chi connectivity index (χ4n) is 5.39. The molecule has 0 radical (unpaired) electrons. The number of nitrogens with one attached hydrogen (secondary N) is 2. The zero-order valence-corrected chi connectivity index (χ0v) is 24.7. The fourth-order valence-corrected chi connectivity index (χ4v) is 5.39. The van der Waals surface area contributed by atoms with Gasteiger partial charge in [0.25, 0.3) is 5.91 Å². The van der Waals surface area contributed by atoms with Gasteiger partial charge in [-0.05, 0) is 95.5 Å². The van der Waals surface area contributed by atoms with Crippen LogP contribution in [0.1, 0.15) is 34.3 Å². The molecular formula is C34H34Cl2N4O2. The Bertz CT molecular complexity index is 1700. The average Bonchev–Trinajstić information content (AvgIpc) is 3.00. The molecule has 5 aromatic rings. The van der Waals surface area contributed by atoms with E-state index < -0.39 is 0 Å². The highest BCUT2D eigenvalue weighted by molar-refractivity contribution is 6.14. The summed E-state index contributed by atoms with van der Waals surface area (Å²) in [6.45, 7) is 2.32. The predicted molar refractivity (Wildman–Crippen MR) is 177 cm³/mol. The van der Waals surface area contributed by atoms with Crippen molar-refractivity contribution in [3.05, 3.63) is 120 Å². The van der Waals surface area contributed by atoms with Crippen LogP contribution < -0.4 is 20.7 Å². The van der Waals surface area contributed by atoms with E-state index in [0.717, 1.165) is 64.5 Å². The molecular weight excluding hydrogens is 567 g/mol. The van der Waals surface area contributed by atoms with Gasteiger partial charge in [-0.15, -0.1) is 24.8 Å². The highest BCUT2D eigenvalue weighted by Crippen LogP contribution is 2.28. The summed E-state index contributed by atoms with van der Waals surface area (Å²) in [6, 6.07) is 33.6. The van der Waals surface area contributed by atoms with Gasteiger partial charge in [-0.25, -0.2) is 0 Å². The third kappa shape index (κ3) is 6.68. The molecule has 1 heterocycles. The van der Waals surface area contributed by atoms with Crippen LogP contribution in [0, 0.1) is 5.41 Å². The number of amidine groups is 1. The first-order chi connectivity index (χ1) is 19.5. The van der Waals surface area contributed by atoms with E-state index in [4.69, 9.17) is 15.9 Å². The lowest BCUT2D eigenvalue weighted by Crippen LogP contribution is -2.34. The number of nitrogens with zero attached hydrogens (tertiary/aromatic N) is 1. The lowest BCUT2D eigenvalue weighted by molar-refractivity contribution is 0.0986. The number of piperidine rings is 1. The molecule has 42 heavy (non-hydrogen) atoms. The highest BCUT2D eigenvalue weighted by atomic mass is 35.5. The van der Waals surface area contributed by atoms with Crippen molar-refractivity contribution in [3.63, 3.8) is 0 Å². The van der Waals surface area contributed by atoms with Gasteiger partial charge in [0.05, 0.1) is 6.54 Å². The first-order valence-electron chi connectivity index (χ1n) is 13.7. The van der Waals surface area contributed by atoms with E-state index >= 15 is 0 Å². The second-order valence-corrected chi connectivity index (χ2v) is 10.3. The number of carbonyl (C=O) groups is 1. The molecule has 0 aliphatic carbocycles. The SMILES string of the molecule is Cl.Cl.N=C(N)c1ccc2ccc(CN(C(=O)c3cccc4ccccc34)c3ccc(OC4CCNCC4)cc3)cc2c1. The second kappa shape index (κ2) is 13.7. The van der Waals surface area contributed by atoms with E-state index in [1.54, 1.807) is 0 Å². The maximum atomic E-state index is 14.2. The van der Waals surface area contributed by atoms with Crippen molar-refractivity contribution >= 4 is 63.8 Å². The molecule has 4 N–H and O–H groups in total. The van der Waals surface area contributed by atoms with Crippen LogP contribution in [0.4, 0.5) is 5.69 Å². The van der Waals surface area contributed by atoms with Crippen molar-refractivity contribution in [1.82, 2.24) is 5.32 Å². The van der Waals surface area contributed by atoms with Gasteiger partial charge in [0.2, 0.25) is 0 Å². The molecule has 0 spiro atoms. The van der Waals surface area contributed by atoms with Gasteiger partial charge in [-0.2, -0.15) is 0 Å². The topological polar surface area (TPSA) is 91.4 Å². The Balaban J connectivity index is 0.00000202. The van der Waals surface area contributed by atoms with Crippen molar-refractivity contribution in [2.24, 2.45) is 5.73 Å². The van der Waals surface area contributed by atoms with Crippen LogP contribution in [-0.4, -0.2) is 30.9 Å². The Labute approximate surface area is 258 Å². The smallest absolute Gasteiger partial charge is 0.259 e. The summed E-state index contributed by atoms with van der Waals surface area (Å²) in [4.78, 5) is 16.0. The molecule has 0 saturated carbocycles. The van der Waals surface area contributed by atoms with Crippen molar-refractivity contribution in [2.75, 3.05) is 18.0 Å². The molecule has 0 bridgehead atoms. The number of fused-ring (bicyclic) bond motifs is 2. The normalized spacial score (nSPS) is 13.1. The first-order valence-corrected chi connectivity index (χ1v) is 13.7. The summed E-state index contributed by atoms with van der Waals surface area (Å²) < 4.78 is 6.22. The van der Waals surface area contributed by atoms with Crippen LogP contribution in [0.2, 0.25) is 0 Å². The van der Waals surface area contributed by atoms with Crippen molar-refractivity contribution in [1.29, 1.82) is 5.41 Å². The number of hydrogen-bond donors (Lipinski definition) is 3. The van der Waals surface area contributed by atoms with E-state index in [1.807, 2.05) is 102 Å². The molecule has 6 rings (SSSR count). The Morgan fingerprint density at radius 1 is 0.833 bits per heavy atom. The molecule has 1 aliphatic rings. The van der Waals surface area contributed by atoms with Crippen molar-refractivity contribution in [2.45, 2.75) is 25.5 Å². The minimum Gasteiger partial charge on any atom is -0.490 e. The summed E-state index contributed by atoms with van der Waals surface area (Å²) in [7, 11) is 0. The maximum absolute atomic E-state index is 14.2. The molecule has 0 atom stereocenters. The zero-order chi connectivity index (χ0) is 27.5. The Morgan fingerprint density at radius 2 is 1.55 bits per heavy atom. The van der Waals surface area contributed by atoms with Gasteiger partial charge in [0.15, 0.2) is 0 Å². The Kier molecular flexibility index (Phi) is 10.1. The van der Waals surface area contributed by atoms with Gasteiger partial charge >= 0.3 is 0 Å². The number of anilines is 1. The van der Waals surface area contributed by atoms with Crippen LogP contribution >= 0.6 is 24.8 Å². The van der Waals surface area contributed by atoms with Gasteiger partial charge in [0.1, 0.15) is 17.7 Å². The molecule has 1 fully saturated rings. The van der Waals surface area contributed by atoms with Crippen molar-refractivity contribution in [3.8, 4) is 5.75 Å². The van der Waals surface area contributed by atoms with Gasteiger partial charge in [-0.1, -0.05) is 60.7 Å². The summed E-state index contributed by atoms with van der Waals surface area (Å²) in [5.41, 5.74) is 8.86. The summed E-state index contributed by atoms with van der Waals surface area (Å²) in [5, 5.41) is 15.2. The summed E-state index contributed by atoms with van der Waals surface area (Å²) in [5.74, 6) is 0.781. The minimum atomic E-state index is -0.0681. The third-order valence-electron chi connectivity index (χ3n) is 7.56. The third-order valence-corrected chi connectivity index (χ3v) is 7.56. The first kappa shape index (κ1) is 30.8. The maximum Gasteiger partial charge on any atom is 0.259 e. The van der Waals surface area contributed by atoms with Crippen LogP contribution in [0.15, 0.2) is 103 Å². The van der Waals surface area contributed by atoms with E-state index in [-0.39, 0.29) is 42.7 Å². The zero-order valence-electron chi connectivity index (χ0n) is 23.1. The Hall–Kier alpha value is -4.10. The highest BCUT2D eigenvalue weighted by Gasteiger charge is 2.21. The molecule has 1 saturated heterocycles. The van der Waals surface area contributed by atoms with Gasteiger partial charge in [-0.3, -0.25) is 10.2 Å². The lowest BCUT2D eigenvalue weighted by Gasteiger charge is -2.26. The number of ether oxygens (including phenoxy) is 1. The molecule has 0 unspecified atom stereocenters. The fraction of sp³-hybridized carbons (Fsp3) is 0.176. The molecule has 1 amide bonds.